The molecule has 0 N–H and O–H groups in total. The largest absolute Gasteiger partial charge is 0.0836 e. The fourth-order valence-electron chi connectivity index (χ4n) is 1.33. The Bertz CT molecular complexity index is 314. The third-order valence-electron chi connectivity index (χ3n) is 2.20. The molecule has 13 heavy (non-hydrogen) atoms. The Morgan fingerprint density at radius 1 is 0.846 bits per heavy atom. The molecule has 1 aromatic carbocycles. The van der Waals surface area contributed by atoms with E-state index in [4.69, 9.17) is 34.8 Å². The molecule has 0 radical (unpaired) electrons. The van der Waals surface area contributed by atoms with Crippen molar-refractivity contribution in [1.29, 1.82) is 0 Å². The zero-order valence-electron chi connectivity index (χ0n) is 7.84. The SMILES string of the molecule is CCc1c(Cl)c(C)c(Cl)c(C)c1Cl. The van der Waals surface area contributed by atoms with Crippen molar-refractivity contribution in [1.82, 2.24) is 0 Å². The minimum absolute atomic E-state index is 0.673. The molecule has 1 aromatic rings. The van der Waals surface area contributed by atoms with E-state index in [9.17, 15) is 0 Å². The first-order chi connectivity index (χ1) is 6.00. The zero-order chi connectivity index (χ0) is 10.2. The lowest BCUT2D eigenvalue weighted by molar-refractivity contribution is 1.12. The third-order valence-corrected chi connectivity index (χ3v) is 3.79. The van der Waals surface area contributed by atoms with Gasteiger partial charge in [-0.1, -0.05) is 41.7 Å². The summed E-state index contributed by atoms with van der Waals surface area (Å²) in [5.41, 5.74) is 2.83. The fraction of sp³-hybridized carbons (Fsp3) is 0.400. The second kappa shape index (κ2) is 4.08. The van der Waals surface area contributed by atoms with Crippen LogP contribution in [0.25, 0.3) is 0 Å². The van der Waals surface area contributed by atoms with Crippen molar-refractivity contribution in [3.8, 4) is 0 Å². The average Bonchev–Trinajstić information content (AvgIpc) is 2.13. The van der Waals surface area contributed by atoms with Crippen molar-refractivity contribution in [2.24, 2.45) is 0 Å². The van der Waals surface area contributed by atoms with Gasteiger partial charge >= 0.3 is 0 Å². The molecule has 3 heteroatoms. The van der Waals surface area contributed by atoms with Crippen molar-refractivity contribution in [2.45, 2.75) is 27.2 Å². The van der Waals surface area contributed by atoms with E-state index in [1.165, 1.54) is 0 Å². The molecule has 0 fully saturated rings. The van der Waals surface area contributed by atoms with E-state index in [1.54, 1.807) is 0 Å². The van der Waals surface area contributed by atoms with Gasteiger partial charge in [-0.05, 0) is 37.0 Å². The normalized spacial score (nSPS) is 10.6. The molecule has 1 rings (SSSR count). The minimum Gasteiger partial charge on any atom is -0.0836 e. The van der Waals surface area contributed by atoms with Crippen molar-refractivity contribution in [3.05, 3.63) is 31.8 Å². The number of hydrogen-bond donors (Lipinski definition) is 0. The van der Waals surface area contributed by atoms with Crippen LogP contribution >= 0.6 is 34.8 Å². The third kappa shape index (κ3) is 1.81. The highest BCUT2D eigenvalue weighted by Crippen LogP contribution is 2.37. The maximum atomic E-state index is 6.11. The van der Waals surface area contributed by atoms with Gasteiger partial charge in [0.2, 0.25) is 0 Å². The number of benzene rings is 1. The van der Waals surface area contributed by atoms with Crippen LogP contribution in [0.3, 0.4) is 0 Å². The van der Waals surface area contributed by atoms with Crippen LogP contribution in [0.1, 0.15) is 23.6 Å². The Morgan fingerprint density at radius 2 is 1.23 bits per heavy atom. The van der Waals surface area contributed by atoms with Crippen molar-refractivity contribution in [3.63, 3.8) is 0 Å². The van der Waals surface area contributed by atoms with E-state index >= 15 is 0 Å². The summed E-state index contributed by atoms with van der Waals surface area (Å²) in [5.74, 6) is 0. The molecule has 0 amide bonds. The smallest absolute Gasteiger partial charge is 0.0496 e. The first-order valence-electron chi connectivity index (χ1n) is 4.13. The van der Waals surface area contributed by atoms with E-state index in [1.807, 2.05) is 20.8 Å². The predicted molar refractivity (Wildman–Crippen MR) is 60.3 cm³/mol. The first kappa shape index (κ1) is 11.2. The summed E-state index contributed by atoms with van der Waals surface area (Å²) in [6.45, 7) is 5.85. The predicted octanol–water partition coefficient (Wildman–Crippen LogP) is 4.83. The molecule has 72 valence electrons. The van der Waals surface area contributed by atoms with Gasteiger partial charge < -0.3 is 0 Å². The molecule has 0 nitrogen and oxygen atoms in total. The number of halogens is 3. The molecule has 0 unspecified atom stereocenters. The quantitative estimate of drug-likeness (QED) is 0.656. The van der Waals surface area contributed by atoms with Crippen molar-refractivity contribution < 1.29 is 0 Å². The van der Waals surface area contributed by atoms with Gasteiger partial charge in [-0.15, -0.1) is 0 Å². The highest BCUT2D eigenvalue weighted by atomic mass is 35.5. The Hall–Kier alpha value is 0.0900. The lowest BCUT2D eigenvalue weighted by Gasteiger charge is -2.12. The topological polar surface area (TPSA) is 0 Å². The molecule has 0 aliphatic heterocycles. The van der Waals surface area contributed by atoms with E-state index < -0.39 is 0 Å². The summed E-state index contributed by atoms with van der Waals surface area (Å²) < 4.78 is 0. The van der Waals surface area contributed by atoms with Gasteiger partial charge in [-0.3, -0.25) is 0 Å². The van der Waals surface area contributed by atoms with Crippen LogP contribution in [0.15, 0.2) is 0 Å². The molecule has 0 aromatic heterocycles. The summed E-state index contributed by atoms with van der Waals surface area (Å²) >= 11 is 18.3. The summed E-state index contributed by atoms with van der Waals surface area (Å²) in [6, 6.07) is 0. The van der Waals surface area contributed by atoms with Gasteiger partial charge in [0.05, 0.1) is 0 Å². The van der Waals surface area contributed by atoms with E-state index in [-0.39, 0.29) is 0 Å². The van der Waals surface area contributed by atoms with Gasteiger partial charge in [0.1, 0.15) is 0 Å². The first-order valence-corrected chi connectivity index (χ1v) is 5.26. The van der Waals surface area contributed by atoms with E-state index in [0.29, 0.717) is 15.1 Å². The standard InChI is InChI=1S/C10H11Cl3/c1-4-7-9(12)5(2)8(11)6(3)10(7)13/h4H2,1-3H3. The Balaban J connectivity index is 3.56. The lowest BCUT2D eigenvalue weighted by Crippen LogP contribution is -1.93. The van der Waals surface area contributed by atoms with Crippen LogP contribution in [0.5, 0.6) is 0 Å². The highest BCUT2D eigenvalue weighted by Gasteiger charge is 2.14. The van der Waals surface area contributed by atoms with Gasteiger partial charge in [-0.2, -0.15) is 0 Å². The Morgan fingerprint density at radius 3 is 1.54 bits per heavy atom. The van der Waals surface area contributed by atoms with Crippen LogP contribution in [0.2, 0.25) is 15.1 Å². The van der Waals surface area contributed by atoms with E-state index in [2.05, 4.69) is 0 Å². The van der Waals surface area contributed by atoms with Crippen LogP contribution in [-0.4, -0.2) is 0 Å². The van der Waals surface area contributed by atoms with Gasteiger partial charge in [0.15, 0.2) is 0 Å². The molecule has 0 spiro atoms. The van der Waals surface area contributed by atoms with Crippen LogP contribution in [0.4, 0.5) is 0 Å². The van der Waals surface area contributed by atoms with Crippen molar-refractivity contribution in [2.75, 3.05) is 0 Å². The number of hydrogen-bond acceptors (Lipinski definition) is 0. The summed E-state index contributed by atoms with van der Waals surface area (Å²) in [5, 5.41) is 2.07. The van der Waals surface area contributed by atoms with Crippen LogP contribution in [0, 0.1) is 13.8 Å². The van der Waals surface area contributed by atoms with Crippen molar-refractivity contribution >= 4 is 34.8 Å². The monoisotopic (exact) mass is 236 g/mol. The second-order valence-electron chi connectivity index (χ2n) is 3.02. The summed E-state index contributed by atoms with van der Waals surface area (Å²) in [7, 11) is 0. The lowest BCUT2D eigenvalue weighted by atomic mass is 10.0. The highest BCUT2D eigenvalue weighted by molar-refractivity contribution is 6.41. The van der Waals surface area contributed by atoms with Crippen LogP contribution < -0.4 is 0 Å². The van der Waals surface area contributed by atoms with Gasteiger partial charge in [0.25, 0.3) is 0 Å². The molecule has 0 aliphatic carbocycles. The fourth-order valence-corrected chi connectivity index (χ4v) is 2.31. The maximum absolute atomic E-state index is 6.11. The molecule has 0 bridgehead atoms. The molecule has 0 saturated carbocycles. The summed E-state index contributed by atoms with van der Waals surface area (Å²) in [4.78, 5) is 0. The Kier molecular flexibility index (Phi) is 3.50. The van der Waals surface area contributed by atoms with Gasteiger partial charge in [0, 0.05) is 15.1 Å². The average molecular weight is 238 g/mol. The summed E-state index contributed by atoms with van der Waals surface area (Å²) in [6.07, 6.45) is 0.830. The maximum Gasteiger partial charge on any atom is 0.0496 e. The second-order valence-corrected chi connectivity index (χ2v) is 4.16. The molecule has 0 aliphatic rings. The molecular formula is C10H11Cl3. The molecule has 0 saturated heterocycles. The zero-order valence-corrected chi connectivity index (χ0v) is 10.1. The minimum atomic E-state index is 0.673. The molecule has 0 heterocycles. The number of rotatable bonds is 1. The Labute approximate surface area is 93.8 Å². The van der Waals surface area contributed by atoms with Gasteiger partial charge in [-0.25, -0.2) is 0 Å². The molecule has 0 atom stereocenters. The molecular weight excluding hydrogens is 226 g/mol. The van der Waals surface area contributed by atoms with E-state index in [0.717, 1.165) is 23.1 Å². The van der Waals surface area contributed by atoms with Crippen LogP contribution in [-0.2, 0) is 6.42 Å².